The standard InChI is InChI=1S/C11H11O4P/c1-15-11(12)10(8-16(13)14)7-9-5-3-2-4-6-9/h2-7H,8H2,1H3/p+1/b10-7+. The first kappa shape index (κ1) is 12.6. The van der Waals surface area contributed by atoms with E-state index in [4.69, 9.17) is 4.89 Å². The van der Waals surface area contributed by atoms with Gasteiger partial charge in [0, 0.05) is 0 Å². The van der Waals surface area contributed by atoms with E-state index in [0.717, 1.165) is 5.56 Å². The van der Waals surface area contributed by atoms with E-state index in [2.05, 4.69) is 4.74 Å². The molecule has 0 radical (unpaired) electrons. The average molecular weight is 239 g/mol. The number of carbonyl (C=O) groups excluding carboxylic acids is 1. The maximum absolute atomic E-state index is 11.3. The molecule has 0 aliphatic heterocycles. The third kappa shape index (κ3) is 3.93. The van der Waals surface area contributed by atoms with Gasteiger partial charge >= 0.3 is 14.0 Å². The first-order chi connectivity index (χ1) is 7.63. The van der Waals surface area contributed by atoms with Crippen LogP contribution in [0.25, 0.3) is 6.08 Å². The fourth-order valence-corrected chi connectivity index (χ4v) is 1.71. The monoisotopic (exact) mass is 239 g/mol. The molecule has 5 heteroatoms. The van der Waals surface area contributed by atoms with Crippen LogP contribution in [-0.2, 0) is 14.1 Å². The Kier molecular flexibility index (Phi) is 4.83. The number of benzene rings is 1. The largest absolute Gasteiger partial charge is 0.510 e. The zero-order valence-corrected chi connectivity index (χ0v) is 9.68. The Morgan fingerprint density at radius 1 is 1.44 bits per heavy atom. The molecular formula is C11H12O4P+. The minimum Gasteiger partial charge on any atom is -0.466 e. The molecule has 0 saturated heterocycles. The zero-order valence-electron chi connectivity index (χ0n) is 8.79. The summed E-state index contributed by atoms with van der Waals surface area (Å²) in [5, 5.41) is 0. The number of hydrogen-bond donors (Lipinski definition) is 1. The quantitative estimate of drug-likeness (QED) is 0.495. The maximum Gasteiger partial charge on any atom is 0.510 e. The molecule has 16 heavy (non-hydrogen) atoms. The summed E-state index contributed by atoms with van der Waals surface area (Å²) in [7, 11) is -1.15. The highest BCUT2D eigenvalue weighted by molar-refractivity contribution is 7.38. The lowest BCUT2D eigenvalue weighted by molar-refractivity contribution is -0.135. The van der Waals surface area contributed by atoms with Crippen molar-refractivity contribution in [3.05, 3.63) is 41.5 Å². The van der Waals surface area contributed by atoms with Crippen LogP contribution >= 0.6 is 8.03 Å². The van der Waals surface area contributed by atoms with Crippen LogP contribution in [0.1, 0.15) is 5.56 Å². The number of methoxy groups -OCH3 is 1. The van der Waals surface area contributed by atoms with E-state index >= 15 is 0 Å². The van der Waals surface area contributed by atoms with Gasteiger partial charge in [-0.1, -0.05) is 30.3 Å². The van der Waals surface area contributed by atoms with E-state index in [0.29, 0.717) is 0 Å². The second-order valence-electron chi connectivity index (χ2n) is 3.08. The van der Waals surface area contributed by atoms with Crippen molar-refractivity contribution in [1.82, 2.24) is 0 Å². The minimum absolute atomic E-state index is 0.192. The molecule has 84 valence electrons. The van der Waals surface area contributed by atoms with Crippen LogP contribution in [0.15, 0.2) is 35.9 Å². The van der Waals surface area contributed by atoms with Crippen molar-refractivity contribution in [1.29, 1.82) is 0 Å². The third-order valence-electron chi connectivity index (χ3n) is 1.89. The highest BCUT2D eigenvalue weighted by Gasteiger charge is 2.21. The van der Waals surface area contributed by atoms with E-state index < -0.39 is 14.0 Å². The van der Waals surface area contributed by atoms with Gasteiger partial charge in [0.25, 0.3) is 0 Å². The molecule has 0 aromatic heterocycles. The van der Waals surface area contributed by atoms with Crippen molar-refractivity contribution in [2.24, 2.45) is 0 Å². The second kappa shape index (κ2) is 6.16. The Morgan fingerprint density at radius 3 is 2.56 bits per heavy atom. The fraction of sp³-hybridized carbons (Fsp3) is 0.182. The van der Waals surface area contributed by atoms with Crippen LogP contribution in [0.4, 0.5) is 0 Å². The molecule has 1 aromatic carbocycles. The summed E-state index contributed by atoms with van der Waals surface area (Å²) in [4.78, 5) is 20.1. The summed E-state index contributed by atoms with van der Waals surface area (Å²) in [6.45, 7) is 0. The van der Waals surface area contributed by atoms with E-state index in [1.54, 1.807) is 18.2 Å². The third-order valence-corrected chi connectivity index (χ3v) is 2.50. The molecule has 1 N–H and O–H groups in total. The van der Waals surface area contributed by atoms with Gasteiger partial charge in [0.1, 0.15) is 0 Å². The van der Waals surface area contributed by atoms with Crippen LogP contribution in [0, 0.1) is 0 Å². The first-order valence-corrected chi connectivity index (χ1v) is 6.00. The summed E-state index contributed by atoms with van der Waals surface area (Å²) in [5.74, 6) is -0.582. The van der Waals surface area contributed by atoms with Crippen molar-refractivity contribution >= 4 is 20.1 Å². The Labute approximate surface area is 94.4 Å². The van der Waals surface area contributed by atoms with Gasteiger partial charge in [0.05, 0.1) is 12.7 Å². The van der Waals surface area contributed by atoms with Crippen LogP contribution in [-0.4, -0.2) is 24.1 Å². The zero-order chi connectivity index (χ0) is 12.0. The van der Waals surface area contributed by atoms with Crippen LogP contribution in [0.2, 0.25) is 0 Å². The maximum atomic E-state index is 11.3. The molecule has 0 saturated carbocycles. The molecule has 1 rings (SSSR count). The Bertz CT molecular complexity index is 411. The predicted octanol–water partition coefficient (Wildman–Crippen LogP) is 1.98. The van der Waals surface area contributed by atoms with Gasteiger partial charge in [0.2, 0.25) is 6.16 Å². The lowest BCUT2D eigenvalue weighted by Crippen LogP contribution is -2.06. The molecule has 0 aliphatic carbocycles. The van der Waals surface area contributed by atoms with Gasteiger partial charge in [-0.25, -0.2) is 4.79 Å². The van der Waals surface area contributed by atoms with Crippen LogP contribution in [0.5, 0.6) is 0 Å². The summed E-state index contributed by atoms with van der Waals surface area (Å²) in [6.07, 6.45) is 1.35. The van der Waals surface area contributed by atoms with Crippen LogP contribution < -0.4 is 0 Å². The summed E-state index contributed by atoms with van der Waals surface area (Å²) in [6, 6.07) is 9.09. The van der Waals surface area contributed by atoms with Crippen molar-refractivity contribution in [2.45, 2.75) is 0 Å². The minimum atomic E-state index is -2.39. The molecule has 0 fully saturated rings. The van der Waals surface area contributed by atoms with Gasteiger partial charge in [-0.05, 0) is 16.2 Å². The van der Waals surface area contributed by atoms with Gasteiger partial charge < -0.3 is 4.74 Å². The molecule has 1 unspecified atom stereocenters. The van der Waals surface area contributed by atoms with E-state index in [9.17, 15) is 9.36 Å². The highest BCUT2D eigenvalue weighted by atomic mass is 31.1. The van der Waals surface area contributed by atoms with Gasteiger partial charge in [-0.3, -0.25) is 0 Å². The molecular weight excluding hydrogens is 227 g/mol. The van der Waals surface area contributed by atoms with Gasteiger partial charge in [0.15, 0.2) is 0 Å². The molecule has 0 spiro atoms. The van der Waals surface area contributed by atoms with Crippen molar-refractivity contribution < 1.29 is 19.0 Å². The normalized spacial score (nSPS) is 12.1. The summed E-state index contributed by atoms with van der Waals surface area (Å²) in [5.41, 5.74) is 0.983. The second-order valence-corrected chi connectivity index (χ2v) is 4.10. The Hall–Kier alpha value is -1.51. The first-order valence-electron chi connectivity index (χ1n) is 4.61. The van der Waals surface area contributed by atoms with E-state index in [-0.39, 0.29) is 11.7 Å². The van der Waals surface area contributed by atoms with Crippen molar-refractivity contribution in [3.8, 4) is 0 Å². The number of ether oxygens (including phenoxy) is 1. The van der Waals surface area contributed by atoms with E-state index in [1.165, 1.54) is 7.11 Å². The van der Waals surface area contributed by atoms with Crippen molar-refractivity contribution in [3.63, 3.8) is 0 Å². The van der Waals surface area contributed by atoms with Gasteiger partial charge in [-0.2, -0.15) is 4.89 Å². The topological polar surface area (TPSA) is 63.6 Å². The smallest absolute Gasteiger partial charge is 0.466 e. The summed E-state index contributed by atoms with van der Waals surface area (Å²) < 4.78 is 15.3. The predicted molar refractivity (Wildman–Crippen MR) is 61.1 cm³/mol. The van der Waals surface area contributed by atoms with Gasteiger partial charge in [-0.15, -0.1) is 0 Å². The fourth-order valence-electron chi connectivity index (χ4n) is 1.20. The molecule has 1 atom stereocenters. The molecule has 4 nitrogen and oxygen atoms in total. The lowest BCUT2D eigenvalue weighted by Gasteiger charge is -1.99. The average Bonchev–Trinajstić information content (AvgIpc) is 2.28. The lowest BCUT2D eigenvalue weighted by atomic mass is 10.1. The highest BCUT2D eigenvalue weighted by Crippen LogP contribution is 2.20. The molecule has 1 aromatic rings. The summed E-state index contributed by atoms with van der Waals surface area (Å²) >= 11 is 0. The van der Waals surface area contributed by atoms with Crippen LogP contribution in [0.3, 0.4) is 0 Å². The number of carbonyl (C=O) groups is 1. The Morgan fingerprint density at radius 2 is 2.06 bits per heavy atom. The number of esters is 1. The SMILES string of the molecule is COC(=O)/C(=C/c1ccccc1)C[P+](=O)O. The molecule has 0 aliphatic rings. The van der Waals surface area contributed by atoms with Crippen molar-refractivity contribution in [2.75, 3.05) is 13.3 Å². The number of hydrogen-bond acceptors (Lipinski definition) is 3. The molecule has 0 heterocycles. The van der Waals surface area contributed by atoms with E-state index in [1.807, 2.05) is 18.2 Å². The molecule has 0 bridgehead atoms. The Balaban J connectivity index is 2.96. The molecule has 0 amide bonds. The number of rotatable bonds is 4.